The Labute approximate surface area is 347 Å². The first-order chi connectivity index (χ1) is 28.1. The molecule has 0 aliphatic heterocycles. The minimum absolute atomic E-state index is 0.0296. The fraction of sp³-hybridized carbons (Fsp3) is 0.689. The molecule has 2 unspecified atom stereocenters. The molecule has 13 nitrogen and oxygen atoms in total. The molecule has 0 heterocycles. The number of unbranched alkanes of at least 4 members (excludes halogenated alkanes) is 10. The van der Waals surface area contributed by atoms with E-state index < -0.39 is 35.7 Å². The van der Waals surface area contributed by atoms with Gasteiger partial charge in [-0.05, 0) is 69.2 Å². The van der Waals surface area contributed by atoms with Gasteiger partial charge >= 0.3 is 23.9 Å². The van der Waals surface area contributed by atoms with Crippen molar-refractivity contribution in [3.05, 3.63) is 48.1 Å². The molecule has 0 radical (unpaired) electrons. The number of aryl methyl sites for hydroxylation is 1. The van der Waals surface area contributed by atoms with Gasteiger partial charge in [-0.3, -0.25) is 19.2 Å². The maximum atomic E-state index is 12.3. The number of anilines is 2. The Bertz CT molecular complexity index is 1320. The first kappa shape index (κ1) is 52.1. The summed E-state index contributed by atoms with van der Waals surface area (Å²) in [6.45, 7) is 9.18. The van der Waals surface area contributed by atoms with Gasteiger partial charge in [0, 0.05) is 24.5 Å². The molecule has 1 aromatic rings. The number of carboxylic acids is 2. The first-order valence-corrected chi connectivity index (χ1v) is 21.5. The van der Waals surface area contributed by atoms with Crippen LogP contribution in [0.1, 0.15) is 122 Å². The number of nitrogens with two attached hydrogens (primary N) is 1. The zero-order valence-electron chi connectivity index (χ0n) is 35.7. The van der Waals surface area contributed by atoms with Crippen molar-refractivity contribution in [3.8, 4) is 0 Å². The Morgan fingerprint density at radius 1 is 0.621 bits per heavy atom. The van der Waals surface area contributed by atoms with Crippen LogP contribution in [-0.4, -0.2) is 100 Å². The molecule has 0 aromatic heterocycles. The Kier molecular flexibility index (Phi) is 31.5. The fourth-order valence-electron chi connectivity index (χ4n) is 5.98. The smallest absolute Gasteiger partial charge is 0.307 e. The summed E-state index contributed by atoms with van der Waals surface area (Å²) in [5.41, 5.74) is 8.63. The topological polar surface area (TPSA) is 184 Å². The summed E-state index contributed by atoms with van der Waals surface area (Å²) in [5.74, 6) is -4.79. The number of aliphatic carboxylic acids is 2. The highest BCUT2D eigenvalue weighted by atomic mass is 16.6. The number of allylic oxidation sites excluding steroid dienone is 4. The minimum atomic E-state index is -1.01. The molecule has 0 bridgehead atoms. The van der Waals surface area contributed by atoms with E-state index in [1.165, 1.54) is 51.4 Å². The van der Waals surface area contributed by atoms with Crippen LogP contribution < -0.4 is 10.6 Å². The number of nitrogen functional groups attached to an aromatic ring is 1. The number of hydrogen-bond donors (Lipinski definition) is 3. The van der Waals surface area contributed by atoms with E-state index in [0.29, 0.717) is 58.0 Å². The lowest BCUT2D eigenvalue weighted by molar-refractivity contribution is -0.152. The minimum Gasteiger partial charge on any atom is -0.481 e. The second kappa shape index (κ2) is 35.0. The van der Waals surface area contributed by atoms with Gasteiger partial charge in [0.25, 0.3) is 0 Å². The molecule has 13 heteroatoms. The van der Waals surface area contributed by atoms with Crippen LogP contribution in [0.3, 0.4) is 0 Å². The molecule has 2 atom stereocenters. The molecule has 0 spiro atoms. The van der Waals surface area contributed by atoms with Crippen molar-refractivity contribution in [1.29, 1.82) is 0 Å². The fourth-order valence-corrected chi connectivity index (χ4v) is 5.98. The second-order valence-corrected chi connectivity index (χ2v) is 14.6. The van der Waals surface area contributed by atoms with Crippen molar-refractivity contribution >= 4 is 35.3 Å². The lowest BCUT2D eigenvalue weighted by Crippen LogP contribution is -2.31. The van der Waals surface area contributed by atoms with Crippen LogP contribution in [-0.2, 0) is 42.9 Å². The van der Waals surface area contributed by atoms with Crippen molar-refractivity contribution in [1.82, 2.24) is 0 Å². The Morgan fingerprint density at radius 3 is 1.48 bits per heavy atom. The van der Waals surface area contributed by atoms with Crippen molar-refractivity contribution in [2.45, 2.75) is 124 Å². The maximum Gasteiger partial charge on any atom is 0.307 e. The van der Waals surface area contributed by atoms with Crippen LogP contribution in [0.15, 0.2) is 42.5 Å². The summed E-state index contributed by atoms with van der Waals surface area (Å²) in [6, 6.07) is 5.78. The van der Waals surface area contributed by atoms with Gasteiger partial charge in [-0.25, -0.2) is 0 Å². The van der Waals surface area contributed by atoms with E-state index in [9.17, 15) is 29.4 Å². The number of benzene rings is 1. The monoisotopic (exact) mass is 819 g/mol. The molecule has 0 aliphatic rings. The predicted molar refractivity (Wildman–Crippen MR) is 228 cm³/mol. The molecule has 1 aromatic carbocycles. The van der Waals surface area contributed by atoms with E-state index in [0.717, 1.165) is 36.9 Å². The van der Waals surface area contributed by atoms with Crippen molar-refractivity contribution in [2.24, 2.45) is 11.8 Å². The molecule has 0 saturated heterocycles. The van der Waals surface area contributed by atoms with E-state index in [2.05, 4.69) is 18.7 Å². The molecular weight excluding hydrogens is 744 g/mol. The number of rotatable bonds is 38. The number of nitrogens with zero attached hydrogens (tertiary/aromatic N) is 1. The number of carbonyl (C=O) groups is 4. The Hall–Kier alpha value is -3.94. The van der Waals surface area contributed by atoms with E-state index in [1.54, 1.807) is 0 Å². The quantitative estimate of drug-likeness (QED) is 0.0251. The van der Waals surface area contributed by atoms with Crippen LogP contribution in [0, 0.1) is 18.8 Å². The van der Waals surface area contributed by atoms with Crippen molar-refractivity contribution in [3.63, 3.8) is 0 Å². The van der Waals surface area contributed by atoms with Gasteiger partial charge < -0.3 is 44.5 Å². The molecule has 1 rings (SSSR count). The standard InChI is InChI=1S/C45H74N2O11/c1-4-6-8-10-12-14-16-18-20-38(44(50)51)35-42(48)57-32-30-55-27-25-47(40-22-23-41(46)37(3)34-40)24-26-54-28-29-56-31-33-58-43(49)36-39(45(52)53)21-19-17-15-13-11-9-7-5-2/h16-19,22-23,34,38-39H,4-15,20-21,24-33,35-36,46H2,1-3H3,(H,50,51)(H,52,53)/b18-16+,19-17+. The number of hydrogen-bond acceptors (Lipinski definition) is 11. The molecule has 58 heavy (non-hydrogen) atoms. The highest BCUT2D eigenvalue weighted by Gasteiger charge is 2.22. The third kappa shape index (κ3) is 27.7. The Balaban J connectivity index is 2.32. The van der Waals surface area contributed by atoms with Gasteiger partial charge in [0.1, 0.15) is 13.2 Å². The van der Waals surface area contributed by atoms with Gasteiger partial charge in [-0.1, -0.05) is 89.5 Å². The zero-order valence-corrected chi connectivity index (χ0v) is 35.7. The van der Waals surface area contributed by atoms with Crippen LogP contribution in [0.2, 0.25) is 0 Å². The highest BCUT2D eigenvalue weighted by molar-refractivity contribution is 5.79. The van der Waals surface area contributed by atoms with Gasteiger partial charge in [0.2, 0.25) is 0 Å². The predicted octanol–water partition coefficient (Wildman–Crippen LogP) is 8.32. The van der Waals surface area contributed by atoms with Gasteiger partial charge in [0.05, 0.1) is 64.3 Å². The molecular formula is C45H74N2O11. The molecule has 4 N–H and O–H groups in total. The van der Waals surface area contributed by atoms with Crippen molar-refractivity contribution in [2.75, 3.05) is 76.6 Å². The van der Waals surface area contributed by atoms with Crippen LogP contribution in [0.4, 0.5) is 11.4 Å². The lowest BCUT2D eigenvalue weighted by Gasteiger charge is -2.25. The van der Waals surface area contributed by atoms with E-state index in [1.807, 2.05) is 49.4 Å². The molecule has 0 amide bonds. The average Bonchev–Trinajstić information content (AvgIpc) is 3.19. The normalized spacial score (nSPS) is 12.5. The zero-order chi connectivity index (χ0) is 42.6. The van der Waals surface area contributed by atoms with Crippen LogP contribution in [0.5, 0.6) is 0 Å². The highest BCUT2D eigenvalue weighted by Crippen LogP contribution is 2.21. The molecule has 330 valence electrons. The van der Waals surface area contributed by atoms with Crippen LogP contribution >= 0.6 is 0 Å². The number of carboxylic acid groups (broad SMARTS) is 2. The van der Waals surface area contributed by atoms with E-state index >= 15 is 0 Å². The van der Waals surface area contributed by atoms with Gasteiger partial charge in [0.15, 0.2) is 0 Å². The second-order valence-electron chi connectivity index (χ2n) is 14.6. The van der Waals surface area contributed by atoms with E-state index in [-0.39, 0.29) is 39.3 Å². The summed E-state index contributed by atoms with van der Waals surface area (Å²) in [4.78, 5) is 49.9. The summed E-state index contributed by atoms with van der Waals surface area (Å²) < 4.78 is 27.5. The Morgan fingerprint density at radius 2 is 1.05 bits per heavy atom. The summed E-state index contributed by atoms with van der Waals surface area (Å²) in [7, 11) is 0. The summed E-state index contributed by atoms with van der Waals surface area (Å²) >= 11 is 0. The van der Waals surface area contributed by atoms with Crippen molar-refractivity contribution < 1.29 is 53.1 Å². The summed E-state index contributed by atoms with van der Waals surface area (Å²) in [6.07, 6.45) is 21.5. The summed E-state index contributed by atoms with van der Waals surface area (Å²) in [5, 5.41) is 19.1. The largest absolute Gasteiger partial charge is 0.481 e. The maximum absolute atomic E-state index is 12.3. The van der Waals surface area contributed by atoms with E-state index in [4.69, 9.17) is 29.4 Å². The third-order valence-electron chi connectivity index (χ3n) is 9.63. The van der Waals surface area contributed by atoms with Crippen LogP contribution in [0.25, 0.3) is 0 Å². The lowest BCUT2D eigenvalue weighted by atomic mass is 10.0. The molecule has 0 saturated carbocycles. The number of ether oxygens (including phenoxy) is 5. The third-order valence-corrected chi connectivity index (χ3v) is 9.63. The molecule has 0 fully saturated rings. The van der Waals surface area contributed by atoms with Gasteiger partial charge in [-0.2, -0.15) is 0 Å². The number of carbonyl (C=O) groups excluding carboxylic acids is 2. The first-order valence-electron chi connectivity index (χ1n) is 21.5. The SMILES string of the molecule is CCCCCCC/C=C/CC(CC(=O)OCCOCCOCCN(CCOCCOC(=O)CC(C/C=C/CCCCCCC)C(=O)O)c1ccc(N)c(C)c1)C(=O)O. The molecule has 0 aliphatic carbocycles. The average molecular weight is 819 g/mol. The number of esters is 2. The van der Waals surface area contributed by atoms with Gasteiger partial charge in [-0.15, -0.1) is 0 Å².